The van der Waals surface area contributed by atoms with Gasteiger partial charge in [-0.15, -0.1) is 0 Å². The third-order valence-electron chi connectivity index (χ3n) is 5.71. The minimum atomic E-state index is -4.43. The third-order valence-corrected chi connectivity index (χ3v) is 5.71. The highest BCUT2D eigenvalue weighted by molar-refractivity contribution is 5.84. The number of carbonyl (C=O) groups is 1. The maximum absolute atomic E-state index is 13.2. The van der Waals surface area contributed by atoms with Gasteiger partial charge in [0.15, 0.2) is 0 Å². The highest BCUT2D eigenvalue weighted by Crippen LogP contribution is 2.48. The summed E-state index contributed by atoms with van der Waals surface area (Å²) in [5.41, 5.74) is 5.77. The van der Waals surface area contributed by atoms with Crippen LogP contribution in [0.4, 0.5) is 13.2 Å². The average Bonchev–Trinajstić information content (AvgIpc) is 3.09. The molecule has 4 rings (SSSR count). The SMILES string of the molecule is C.N[C@@H]1C[C@H]2OCC[C@@]2(C(=O)N2CCc3ncc(C(F)(F)F)cc3C2)C1. The van der Waals surface area contributed by atoms with E-state index in [0.29, 0.717) is 50.1 Å². The molecule has 26 heavy (non-hydrogen) atoms. The van der Waals surface area contributed by atoms with Crippen LogP contribution in [-0.2, 0) is 28.7 Å². The molecule has 0 aromatic carbocycles. The molecule has 1 aromatic rings. The van der Waals surface area contributed by atoms with Gasteiger partial charge in [0, 0.05) is 44.0 Å². The molecule has 3 aliphatic rings. The summed E-state index contributed by atoms with van der Waals surface area (Å²) in [5, 5.41) is 0. The van der Waals surface area contributed by atoms with E-state index in [-0.39, 0.29) is 32.0 Å². The van der Waals surface area contributed by atoms with Crippen molar-refractivity contribution in [3.05, 3.63) is 29.1 Å². The van der Waals surface area contributed by atoms with E-state index in [1.54, 1.807) is 4.90 Å². The molecule has 5 nitrogen and oxygen atoms in total. The molecule has 1 saturated carbocycles. The molecule has 8 heteroatoms. The van der Waals surface area contributed by atoms with Crippen LogP contribution in [0.15, 0.2) is 12.3 Å². The van der Waals surface area contributed by atoms with E-state index in [1.165, 1.54) is 0 Å². The van der Waals surface area contributed by atoms with Crippen molar-refractivity contribution < 1.29 is 22.7 Å². The molecule has 3 heterocycles. The van der Waals surface area contributed by atoms with Crippen LogP contribution in [0.1, 0.15) is 43.5 Å². The van der Waals surface area contributed by atoms with E-state index < -0.39 is 17.2 Å². The lowest BCUT2D eigenvalue weighted by Crippen LogP contribution is -2.48. The summed E-state index contributed by atoms with van der Waals surface area (Å²) < 4.78 is 44.5. The molecule has 144 valence electrons. The Morgan fingerprint density at radius 3 is 2.92 bits per heavy atom. The van der Waals surface area contributed by atoms with Crippen molar-refractivity contribution >= 4 is 5.91 Å². The molecule has 0 radical (unpaired) electrons. The second kappa shape index (κ2) is 6.49. The Morgan fingerprint density at radius 2 is 2.19 bits per heavy atom. The number of amides is 1. The summed E-state index contributed by atoms with van der Waals surface area (Å²) in [6.07, 6.45) is -1.39. The van der Waals surface area contributed by atoms with Gasteiger partial charge in [-0.1, -0.05) is 7.43 Å². The first-order valence-electron chi connectivity index (χ1n) is 8.51. The standard InChI is InChI=1S/C17H20F3N3O2.CH4/c18-17(19,20)11-5-10-9-23(3-1-13(10)22-8-11)15(24)16-2-4-25-14(16)6-12(21)7-16;/h5,8,12,14H,1-4,6-7,9,21H2;1H4/t12-,14-,16-;/m1./s1. The van der Waals surface area contributed by atoms with Crippen LogP contribution < -0.4 is 5.73 Å². The number of alkyl halides is 3. The highest BCUT2D eigenvalue weighted by Gasteiger charge is 2.56. The number of pyridine rings is 1. The van der Waals surface area contributed by atoms with Crippen molar-refractivity contribution in [2.45, 2.75) is 58.0 Å². The Morgan fingerprint density at radius 1 is 1.42 bits per heavy atom. The number of halogens is 3. The molecule has 0 spiro atoms. The van der Waals surface area contributed by atoms with Gasteiger partial charge in [0.2, 0.25) is 5.91 Å². The number of carbonyl (C=O) groups excluding carboxylic acids is 1. The first-order valence-corrected chi connectivity index (χ1v) is 8.51. The predicted molar refractivity (Wildman–Crippen MR) is 89.1 cm³/mol. The van der Waals surface area contributed by atoms with Crippen molar-refractivity contribution in [1.29, 1.82) is 0 Å². The monoisotopic (exact) mass is 371 g/mol. The average molecular weight is 371 g/mol. The fourth-order valence-electron chi connectivity index (χ4n) is 4.46. The highest BCUT2D eigenvalue weighted by atomic mass is 19.4. The minimum Gasteiger partial charge on any atom is -0.377 e. The quantitative estimate of drug-likeness (QED) is 0.824. The van der Waals surface area contributed by atoms with Crippen LogP contribution in [0.3, 0.4) is 0 Å². The van der Waals surface area contributed by atoms with Gasteiger partial charge in [-0.2, -0.15) is 13.2 Å². The van der Waals surface area contributed by atoms with Crippen LogP contribution in [0.5, 0.6) is 0 Å². The third kappa shape index (κ3) is 2.99. The predicted octanol–water partition coefficient (Wildman–Crippen LogP) is 2.52. The Labute approximate surface area is 150 Å². The first kappa shape index (κ1) is 19.1. The zero-order valence-corrected chi connectivity index (χ0v) is 13.7. The molecule has 2 N–H and O–H groups in total. The van der Waals surface area contributed by atoms with Gasteiger partial charge < -0.3 is 15.4 Å². The second-order valence-electron chi connectivity index (χ2n) is 7.27. The number of ether oxygens (including phenoxy) is 1. The minimum absolute atomic E-state index is 0. The fourth-order valence-corrected chi connectivity index (χ4v) is 4.46. The van der Waals surface area contributed by atoms with Crippen LogP contribution in [-0.4, -0.2) is 41.1 Å². The van der Waals surface area contributed by atoms with E-state index in [1.807, 2.05) is 0 Å². The number of nitrogens with zero attached hydrogens (tertiary/aromatic N) is 2. The van der Waals surface area contributed by atoms with Gasteiger partial charge in [-0.3, -0.25) is 9.78 Å². The van der Waals surface area contributed by atoms with E-state index >= 15 is 0 Å². The van der Waals surface area contributed by atoms with Crippen molar-refractivity contribution in [2.24, 2.45) is 11.1 Å². The number of aromatic nitrogens is 1. The van der Waals surface area contributed by atoms with E-state index in [0.717, 1.165) is 12.3 Å². The van der Waals surface area contributed by atoms with Gasteiger partial charge in [-0.05, 0) is 30.9 Å². The number of hydrogen-bond donors (Lipinski definition) is 1. The van der Waals surface area contributed by atoms with Gasteiger partial charge in [0.25, 0.3) is 0 Å². The Bertz CT molecular complexity index is 709. The van der Waals surface area contributed by atoms with Gasteiger partial charge in [-0.25, -0.2) is 0 Å². The topological polar surface area (TPSA) is 68.5 Å². The summed E-state index contributed by atoms with van der Waals surface area (Å²) in [7, 11) is 0. The van der Waals surface area contributed by atoms with Gasteiger partial charge >= 0.3 is 6.18 Å². The zero-order chi connectivity index (χ0) is 17.8. The Hall–Kier alpha value is -1.67. The van der Waals surface area contributed by atoms with Crippen LogP contribution >= 0.6 is 0 Å². The first-order chi connectivity index (χ1) is 11.8. The maximum atomic E-state index is 13.2. The molecule has 2 aliphatic heterocycles. The fraction of sp³-hybridized carbons (Fsp3) is 0.667. The summed E-state index contributed by atoms with van der Waals surface area (Å²) in [5.74, 6) is -0.0361. The number of rotatable bonds is 1. The lowest BCUT2D eigenvalue weighted by Gasteiger charge is -2.36. The van der Waals surface area contributed by atoms with Gasteiger partial charge in [0.1, 0.15) is 0 Å². The summed E-state index contributed by atoms with van der Waals surface area (Å²) in [6, 6.07) is 1.05. The molecule has 0 bridgehead atoms. The molecular weight excluding hydrogens is 347 g/mol. The van der Waals surface area contributed by atoms with Crippen molar-refractivity contribution in [2.75, 3.05) is 13.2 Å². The Kier molecular flexibility index (Phi) is 4.77. The molecule has 2 fully saturated rings. The van der Waals surface area contributed by atoms with Crippen LogP contribution in [0, 0.1) is 5.41 Å². The molecule has 1 aliphatic carbocycles. The van der Waals surface area contributed by atoms with E-state index in [4.69, 9.17) is 10.5 Å². The molecular formula is C18H24F3N3O2. The second-order valence-corrected chi connectivity index (χ2v) is 7.27. The van der Waals surface area contributed by atoms with E-state index in [2.05, 4.69) is 4.98 Å². The van der Waals surface area contributed by atoms with Crippen LogP contribution in [0.25, 0.3) is 0 Å². The number of nitrogens with two attached hydrogens (primary N) is 1. The largest absolute Gasteiger partial charge is 0.417 e. The smallest absolute Gasteiger partial charge is 0.377 e. The molecule has 3 atom stereocenters. The summed E-state index contributed by atoms with van der Waals surface area (Å²) in [6.45, 7) is 1.16. The Balaban J connectivity index is 0.00000196. The lowest BCUT2D eigenvalue weighted by molar-refractivity contribution is -0.145. The molecule has 1 saturated heterocycles. The molecule has 0 unspecified atom stereocenters. The van der Waals surface area contributed by atoms with Gasteiger partial charge in [0.05, 0.1) is 17.1 Å². The van der Waals surface area contributed by atoms with Crippen molar-refractivity contribution in [3.63, 3.8) is 0 Å². The van der Waals surface area contributed by atoms with Crippen molar-refractivity contribution in [3.8, 4) is 0 Å². The zero-order valence-electron chi connectivity index (χ0n) is 13.7. The molecule has 1 amide bonds. The number of fused-ring (bicyclic) bond motifs is 2. The maximum Gasteiger partial charge on any atom is 0.417 e. The number of hydrogen-bond acceptors (Lipinski definition) is 4. The molecule has 1 aromatic heterocycles. The van der Waals surface area contributed by atoms with Crippen LogP contribution in [0.2, 0.25) is 0 Å². The lowest BCUT2D eigenvalue weighted by atomic mass is 9.80. The van der Waals surface area contributed by atoms with Crippen molar-refractivity contribution in [1.82, 2.24) is 9.88 Å². The summed E-state index contributed by atoms with van der Waals surface area (Å²) >= 11 is 0. The van der Waals surface area contributed by atoms with E-state index in [9.17, 15) is 18.0 Å². The normalized spacial score (nSPS) is 30.5. The summed E-state index contributed by atoms with van der Waals surface area (Å²) in [4.78, 5) is 18.8.